The molecule has 0 aliphatic carbocycles. The summed E-state index contributed by atoms with van der Waals surface area (Å²) in [5.74, 6) is 0. The molecule has 0 saturated carbocycles. The summed E-state index contributed by atoms with van der Waals surface area (Å²) in [4.78, 5) is 2.50. The van der Waals surface area contributed by atoms with Crippen molar-refractivity contribution in [1.82, 2.24) is 4.90 Å². The Bertz CT molecular complexity index is 194. The molecule has 1 rings (SSSR count). The molecule has 2 atom stereocenters. The number of hydrogen-bond donors (Lipinski definition) is 1. The van der Waals surface area contributed by atoms with Gasteiger partial charge in [0.15, 0.2) is 0 Å². The van der Waals surface area contributed by atoms with Crippen LogP contribution in [0.1, 0.15) is 40.5 Å². The summed E-state index contributed by atoms with van der Waals surface area (Å²) in [6, 6.07) is 0.986. The van der Waals surface area contributed by atoms with Crippen molar-refractivity contribution in [3.63, 3.8) is 0 Å². The summed E-state index contributed by atoms with van der Waals surface area (Å²) in [7, 11) is 0. The maximum atomic E-state index is 5.95. The van der Waals surface area contributed by atoms with E-state index in [0.717, 1.165) is 32.5 Å². The van der Waals surface area contributed by atoms with Crippen LogP contribution in [0.3, 0.4) is 0 Å². The van der Waals surface area contributed by atoms with Crippen LogP contribution in [0.5, 0.6) is 0 Å². The quantitative estimate of drug-likeness (QED) is 0.773. The van der Waals surface area contributed by atoms with E-state index in [1.54, 1.807) is 0 Å². The molecule has 15 heavy (non-hydrogen) atoms. The molecule has 1 saturated heterocycles. The second-order valence-electron chi connectivity index (χ2n) is 5.30. The minimum absolute atomic E-state index is 0.0373. The van der Waals surface area contributed by atoms with Gasteiger partial charge in [0.25, 0.3) is 0 Å². The van der Waals surface area contributed by atoms with E-state index in [1.807, 2.05) is 0 Å². The van der Waals surface area contributed by atoms with Crippen LogP contribution in [0.25, 0.3) is 0 Å². The molecule has 0 bridgehead atoms. The zero-order valence-corrected chi connectivity index (χ0v) is 10.6. The van der Waals surface area contributed by atoms with E-state index in [1.165, 1.54) is 0 Å². The van der Waals surface area contributed by atoms with Crippen molar-refractivity contribution in [3.8, 4) is 0 Å². The molecule has 0 aromatic carbocycles. The molecule has 3 heteroatoms. The maximum Gasteiger partial charge on any atom is 0.0752 e. The van der Waals surface area contributed by atoms with Gasteiger partial charge in [-0.2, -0.15) is 0 Å². The number of likely N-dealkylation sites (tertiary alicyclic amines) is 1. The summed E-state index contributed by atoms with van der Waals surface area (Å²) < 4.78 is 5.73. The fourth-order valence-electron chi connectivity index (χ4n) is 2.42. The summed E-state index contributed by atoms with van der Waals surface area (Å²) in [6.45, 7) is 11.6. The highest BCUT2D eigenvalue weighted by atomic mass is 16.5. The van der Waals surface area contributed by atoms with Crippen LogP contribution in [0.15, 0.2) is 0 Å². The lowest BCUT2D eigenvalue weighted by molar-refractivity contribution is -0.0465. The Kier molecular flexibility index (Phi) is 4.56. The highest BCUT2D eigenvalue weighted by Gasteiger charge is 2.28. The minimum Gasteiger partial charge on any atom is -0.375 e. The summed E-state index contributed by atoms with van der Waals surface area (Å²) in [5.41, 5.74) is 5.91. The lowest BCUT2D eigenvalue weighted by Crippen LogP contribution is -2.51. The molecule has 3 nitrogen and oxygen atoms in total. The third kappa shape index (κ3) is 4.09. The first kappa shape index (κ1) is 12.9. The molecule has 1 heterocycles. The van der Waals surface area contributed by atoms with Crippen LogP contribution in [0.4, 0.5) is 0 Å². The first-order valence-electron chi connectivity index (χ1n) is 6.08. The van der Waals surface area contributed by atoms with Gasteiger partial charge < -0.3 is 10.5 Å². The van der Waals surface area contributed by atoms with Gasteiger partial charge in [-0.05, 0) is 40.5 Å². The summed E-state index contributed by atoms with van der Waals surface area (Å²) >= 11 is 0. The van der Waals surface area contributed by atoms with Crippen LogP contribution in [-0.2, 0) is 4.74 Å². The zero-order chi connectivity index (χ0) is 11.5. The van der Waals surface area contributed by atoms with Crippen molar-refractivity contribution < 1.29 is 4.74 Å². The standard InChI is InChI=1S/C12H26N2O/c1-5-15-12(3,4)9-14-7-6-11(13)8-10(14)2/h10-11H,5-9,13H2,1-4H3. The van der Waals surface area contributed by atoms with Gasteiger partial charge in [-0.1, -0.05) is 0 Å². The molecular formula is C12H26N2O. The zero-order valence-electron chi connectivity index (χ0n) is 10.6. The Morgan fingerprint density at radius 3 is 2.67 bits per heavy atom. The lowest BCUT2D eigenvalue weighted by Gasteiger charge is -2.40. The molecule has 2 N–H and O–H groups in total. The molecule has 0 aromatic heterocycles. The normalized spacial score (nSPS) is 29.4. The van der Waals surface area contributed by atoms with Crippen molar-refractivity contribution >= 4 is 0 Å². The average Bonchev–Trinajstić information content (AvgIpc) is 2.09. The third-order valence-corrected chi connectivity index (χ3v) is 3.17. The van der Waals surface area contributed by atoms with Gasteiger partial charge in [0.05, 0.1) is 5.60 Å². The van der Waals surface area contributed by atoms with Gasteiger partial charge in [0.1, 0.15) is 0 Å². The van der Waals surface area contributed by atoms with E-state index in [4.69, 9.17) is 10.5 Å². The summed E-state index contributed by atoms with van der Waals surface area (Å²) in [6.07, 6.45) is 2.23. The first-order chi connectivity index (χ1) is 6.94. The van der Waals surface area contributed by atoms with Crippen LogP contribution in [-0.4, -0.2) is 42.3 Å². The Hall–Kier alpha value is -0.120. The van der Waals surface area contributed by atoms with E-state index in [0.29, 0.717) is 12.1 Å². The molecular weight excluding hydrogens is 188 g/mol. The average molecular weight is 214 g/mol. The minimum atomic E-state index is -0.0373. The van der Waals surface area contributed by atoms with Gasteiger partial charge in [0, 0.05) is 31.8 Å². The monoisotopic (exact) mass is 214 g/mol. The van der Waals surface area contributed by atoms with E-state index >= 15 is 0 Å². The topological polar surface area (TPSA) is 38.5 Å². The number of nitrogens with zero attached hydrogens (tertiary/aromatic N) is 1. The van der Waals surface area contributed by atoms with Crippen LogP contribution in [0.2, 0.25) is 0 Å². The van der Waals surface area contributed by atoms with Crippen LogP contribution >= 0.6 is 0 Å². The van der Waals surface area contributed by atoms with Crippen molar-refractivity contribution in [1.29, 1.82) is 0 Å². The van der Waals surface area contributed by atoms with Gasteiger partial charge in [-0.25, -0.2) is 0 Å². The number of piperidine rings is 1. The fourth-order valence-corrected chi connectivity index (χ4v) is 2.42. The van der Waals surface area contributed by atoms with E-state index in [2.05, 4.69) is 32.6 Å². The van der Waals surface area contributed by atoms with Crippen molar-refractivity contribution in [2.24, 2.45) is 5.73 Å². The molecule has 0 aromatic rings. The largest absolute Gasteiger partial charge is 0.375 e. The molecule has 0 amide bonds. The van der Waals surface area contributed by atoms with Gasteiger partial charge >= 0.3 is 0 Å². The highest BCUT2D eigenvalue weighted by molar-refractivity contribution is 4.85. The van der Waals surface area contributed by atoms with Gasteiger partial charge in [0.2, 0.25) is 0 Å². The lowest BCUT2D eigenvalue weighted by atomic mass is 9.97. The molecule has 0 spiro atoms. The molecule has 1 fully saturated rings. The van der Waals surface area contributed by atoms with Crippen molar-refractivity contribution in [2.45, 2.75) is 58.2 Å². The molecule has 90 valence electrons. The fraction of sp³-hybridized carbons (Fsp3) is 1.00. The number of nitrogens with two attached hydrogens (primary N) is 1. The van der Waals surface area contributed by atoms with Crippen molar-refractivity contribution in [2.75, 3.05) is 19.7 Å². The highest BCUT2D eigenvalue weighted by Crippen LogP contribution is 2.20. The van der Waals surface area contributed by atoms with Gasteiger partial charge in [-0.3, -0.25) is 4.90 Å². The van der Waals surface area contributed by atoms with E-state index in [9.17, 15) is 0 Å². The van der Waals surface area contributed by atoms with Crippen LogP contribution in [0, 0.1) is 0 Å². The Labute approximate surface area is 94.0 Å². The second kappa shape index (κ2) is 5.28. The van der Waals surface area contributed by atoms with E-state index in [-0.39, 0.29) is 5.60 Å². The Balaban J connectivity index is 2.43. The second-order valence-corrected chi connectivity index (χ2v) is 5.30. The molecule has 0 radical (unpaired) electrons. The van der Waals surface area contributed by atoms with Crippen molar-refractivity contribution in [3.05, 3.63) is 0 Å². The number of rotatable bonds is 4. The predicted octanol–water partition coefficient (Wildman–Crippen LogP) is 1.61. The molecule has 1 aliphatic rings. The number of hydrogen-bond acceptors (Lipinski definition) is 3. The van der Waals surface area contributed by atoms with Gasteiger partial charge in [-0.15, -0.1) is 0 Å². The van der Waals surface area contributed by atoms with Crippen LogP contribution < -0.4 is 5.73 Å². The van der Waals surface area contributed by atoms with E-state index < -0.39 is 0 Å². The third-order valence-electron chi connectivity index (χ3n) is 3.17. The first-order valence-corrected chi connectivity index (χ1v) is 6.08. The summed E-state index contributed by atoms with van der Waals surface area (Å²) in [5, 5.41) is 0. The number of ether oxygens (including phenoxy) is 1. The predicted molar refractivity (Wildman–Crippen MR) is 63.9 cm³/mol. The smallest absolute Gasteiger partial charge is 0.0752 e. The SMILES string of the molecule is CCOC(C)(C)CN1CCC(N)CC1C. The molecule has 1 aliphatic heterocycles. The molecule has 2 unspecified atom stereocenters. The Morgan fingerprint density at radius 2 is 2.13 bits per heavy atom. The maximum absolute atomic E-state index is 5.95. The Morgan fingerprint density at radius 1 is 1.47 bits per heavy atom.